The predicted molar refractivity (Wildman–Crippen MR) is 86.8 cm³/mol. The molecule has 0 heterocycles. The number of aliphatic carboxylic acids is 1. The molecule has 0 aliphatic rings. The van der Waals surface area contributed by atoms with Crippen LogP contribution in [0.15, 0.2) is 24.3 Å². The van der Waals surface area contributed by atoms with Crippen LogP contribution in [0.1, 0.15) is 39.5 Å². The molecule has 0 aliphatic carbocycles. The first-order chi connectivity index (χ1) is 11.3. The molecule has 24 heavy (non-hydrogen) atoms. The molecule has 0 aromatic heterocycles. The van der Waals surface area contributed by atoms with Crippen molar-refractivity contribution < 1.29 is 30.0 Å². The Labute approximate surface area is 138 Å². The largest absolute Gasteiger partial charge is 0.508 e. The maximum absolute atomic E-state index is 12.8. The van der Waals surface area contributed by atoms with E-state index in [2.05, 4.69) is 0 Å². The molecular weight excluding hydrogens is 312 g/mol. The summed E-state index contributed by atoms with van der Waals surface area (Å²) < 4.78 is 0. The van der Waals surface area contributed by atoms with Gasteiger partial charge >= 0.3 is 5.97 Å². The van der Waals surface area contributed by atoms with Crippen LogP contribution < -0.4 is 0 Å². The molecule has 2 aromatic carbocycles. The number of aryl methyl sites for hydroxylation is 1. The number of carboxylic acid groups (broad SMARTS) is 1. The van der Waals surface area contributed by atoms with Crippen molar-refractivity contribution in [3.8, 4) is 17.2 Å². The first-order valence-corrected chi connectivity index (χ1v) is 7.39. The van der Waals surface area contributed by atoms with Crippen molar-refractivity contribution in [1.29, 1.82) is 0 Å². The number of aromatic hydroxyl groups is 3. The topological polar surface area (TPSA) is 115 Å². The Kier molecular flexibility index (Phi) is 4.78. The van der Waals surface area contributed by atoms with Gasteiger partial charge in [0.25, 0.3) is 0 Å². The molecule has 6 heteroatoms. The molecule has 0 atom stereocenters. The van der Waals surface area contributed by atoms with Crippen LogP contribution in [0.2, 0.25) is 0 Å². The van der Waals surface area contributed by atoms with Gasteiger partial charge in [0.05, 0.1) is 12.0 Å². The molecule has 0 aliphatic heterocycles. The van der Waals surface area contributed by atoms with Crippen molar-refractivity contribution in [2.24, 2.45) is 0 Å². The average molecular weight is 330 g/mol. The second-order valence-electron chi connectivity index (χ2n) is 5.50. The quantitative estimate of drug-likeness (QED) is 0.626. The molecule has 0 radical (unpaired) electrons. The van der Waals surface area contributed by atoms with E-state index in [0.29, 0.717) is 17.5 Å². The van der Waals surface area contributed by atoms with E-state index in [9.17, 15) is 24.9 Å². The van der Waals surface area contributed by atoms with Gasteiger partial charge in [0.1, 0.15) is 17.2 Å². The molecule has 0 unspecified atom stereocenters. The number of ketones is 1. The van der Waals surface area contributed by atoms with Crippen LogP contribution in [0.25, 0.3) is 0 Å². The van der Waals surface area contributed by atoms with E-state index < -0.39 is 23.9 Å². The van der Waals surface area contributed by atoms with Crippen LogP contribution in [0, 0.1) is 6.92 Å². The minimum Gasteiger partial charge on any atom is -0.508 e. The van der Waals surface area contributed by atoms with Gasteiger partial charge in [0.15, 0.2) is 5.78 Å². The summed E-state index contributed by atoms with van der Waals surface area (Å²) in [5, 5.41) is 38.9. The van der Waals surface area contributed by atoms with Crippen molar-refractivity contribution >= 4 is 11.8 Å². The van der Waals surface area contributed by atoms with Gasteiger partial charge in [0.2, 0.25) is 0 Å². The molecule has 4 N–H and O–H groups in total. The second-order valence-corrected chi connectivity index (χ2v) is 5.50. The zero-order valence-corrected chi connectivity index (χ0v) is 13.3. The highest BCUT2D eigenvalue weighted by Gasteiger charge is 2.25. The lowest BCUT2D eigenvalue weighted by Crippen LogP contribution is -2.13. The third-order valence-corrected chi connectivity index (χ3v) is 3.88. The van der Waals surface area contributed by atoms with Crippen molar-refractivity contribution in [3.05, 3.63) is 52.1 Å². The fourth-order valence-electron chi connectivity index (χ4n) is 2.64. The lowest BCUT2D eigenvalue weighted by molar-refractivity contribution is -0.136. The highest BCUT2D eigenvalue weighted by Crippen LogP contribution is 2.35. The van der Waals surface area contributed by atoms with E-state index in [-0.39, 0.29) is 28.2 Å². The van der Waals surface area contributed by atoms with E-state index >= 15 is 0 Å². The summed E-state index contributed by atoms with van der Waals surface area (Å²) in [6.45, 7) is 3.38. The lowest BCUT2D eigenvalue weighted by atomic mass is 9.90. The Morgan fingerprint density at radius 1 is 0.958 bits per heavy atom. The maximum Gasteiger partial charge on any atom is 0.307 e. The highest BCUT2D eigenvalue weighted by molar-refractivity contribution is 6.12. The Morgan fingerprint density at radius 3 is 2.17 bits per heavy atom. The summed E-state index contributed by atoms with van der Waals surface area (Å²) in [6.07, 6.45) is -0.210. The van der Waals surface area contributed by atoms with Crippen molar-refractivity contribution in [2.45, 2.75) is 26.7 Å². The van der Waals surface area contributed by atoms with E-state index in [1.165, 1.54) is 12.1 Å². The summed E-state index contributed by atoms with van der Waals surface area (Å²) in [4.78, 5) is 23.9. The molecule has 126 valence electrons. The van der Waals surface area contributed by atoms with Gasteiger partial charge < -0.3 is 20.4 Å². The van der Waals surface area contributed by atoms with Crippen molar-refractivity contribution in [3.63, 3.8) is 0 Å². The first-order valence-electron chi connectivity index (χ1n) is 7.39. The van der Waals surface area contributed by atoms with Crippen LogP contribution in [-0.2, 0) is 17.6 Å². The number of phenols is 3. The molecule has 0 bridgehead atoms. The standard InChI is InChI=1S/C18H18O6/c1-3-11-12(7-16(22)23)17(15(21)8-14(11)20)18(24)10-5-4-9(2)13(19)6-10/h4-6,8,19-21H,3,7H2,1-2H3,(H,22,23). The zero-order chi connectivity index (χ0) is 18.0. The summed E-state index contributed by atoms with van der Waals surface area (Å²) in [5.74, 6) is -2.63. The minimum atomic E-state index is -1.18. The summed E-state index contributed by atoms with van der Waals surface area (Å²) in [5.41, 5.74) is 0.909. The third-order valence-electron chi connectivity index (χ3n) is 3.88. The zero-order valence-electron chi connectivity index (χ0n) is 13.3. The molecule has 0 fully saturated rings. The Balaban J connectivity index is 2.69. The molecule has 0 spiro atoms. The molecule has 0 amide bonds. The summed E-state index contributed by atoms with van der Waals surface area (Å²) in [7, 11) is 0. The molecule has 0 saturated heterocycles. The fourth-order valence-corrected chi connectivity index (χ4v) is 2.64. The maximum atomic E-state index is 12.8. The van der Waals surface area contributed by atoms with Crippen LogP contribution in [0.4, 0.5) is 0 Å². The Hall–Kier alpha value is -3.02. The number of carboxylic acids is 1. The number of hydrogen-bond donors (Lipinski definition) is 4. The van der Waals surface area contributed by atoms with E-state index in [0.717, 1.165) is 6.07 Å². The van der Waals surface area contributed by atoms with Crippen molar-refractivity contribution in [2.75, 3.05) is 0 Å². The Bertz CT molecular complexity index is 823. The smallest absolute Gasteiger partial charge is 0.307 e. The van der Waals surface area contributed by atoms with Gasteiger partial charge in [0, 0.05) is 11.6 Å². The van der Waals surface area contributed by atoms with Gasteiger partial charge in [-0.15, -0.1) is 0 Å². The number of phenolic OH excluding ortho intramolecular Hbond substituents is 3. The molecule has 2 aromatic rings. The molecule has 2 rings (SSSR count). The fraction of sp³-hybridized carbons (Fsp3) is 0.222. The molecular formula is C18H18O6. The summed E-state index contributed by atoms with van der Waals surface area (Å²) in [6, 6.07) is 5.34. The number of rotatable bonds is 5. The van der Waals surface area contributed by atoms with Crippen LogP contribution >= 0.6 is 0 Å². The van der Waals surface area contributed by atoms with Crippen LogP contribution in [0.3, 0.4) is 0 Å². The van der Waals surface area contributed by atoms with E-state index in [4.69, 9.17) is 5.11 Å². The summed E-state index contributed by atoms with van der Waals surface area (Å²) >= 11 is 0. The van der Waals surface area contributed by atoms with Crippen LogP contribution in [-0.4, -0.2) is 32.2 Å². The SMILES string of the molecule is CCc1c(O)cc(O)c(C(=O)c2ccc(C)c(O)c2)c1CC(=O)O. The van der Waals surface area contributed by atoms with Crippen molar-refractivity contribution in [1.82, 2.24) is 0 Å². The second kappa shape index (κ2) is 6.62. The molecule has 6 nitrogen and oxygen atoms in total. The molecule has 0 saturated carbocycles. The van der Waals surface area contributed by atoms with Crippen LogP contribution in [0.5, 0.6) is 17.2 Å². The first kappa shape index (κ1) is 17.3. The third kappa shape index (κ3) is 3.17. The van der Waals surface area contributed by atoms with E-state index in [1.54, 1.807) is 19.9 Å². The number of carbonyl (C=O) groups is 2. The highest BCUT2D eigenvalue weighted by atomic mass is 16.4. The Morgan fingerprint density at radius 2 is 1.62 bits per heavy atom. The lowest BCUT2D eigenvalue weighted by Gasteiger charge is -2.15. The predicted octanol–water partition coefficient (Wildman–Crippen LogP) is 2.53. The van der Waals surface area contributed by atoms with Gasteiger partial charge in [-0.2, -0.15) is 0 Å². The minimum absolute atomic E-state index is 0.0744. The monoisotopic (exact) mass is 330 g/mol. The van der Waals surface area contributed by atoms with Gasteiger partial charge in [-0.1, -0.05) is 19.1 Å². The number of benzene rings is 2. The van der Waals surface area contributed by atoms with Gasteiger partial charge in [-0.05, 0) is 36.1 Å². The average Bonchev–Trinajstić information content (AvgIpc) is 2.49. The van der Waals surface area contributed by atoms with Gasteiger partial charge in [-0.3, -0.25) is 9.59 Å². The normalized spacial score (nSPS) is 10.6. The number of hydrogen-bond acceptors (Lipinski definition) is 5. The van der Waals surface area contributed by atoms with Gasteiger partial charge in [-0.25, -0.2) is 0 Å². The van der Waals surface area contributed by atoms with E-state index in [1.807, 2.05) is 0 Å². The number of carbonyl (C=O) groups excluding carboxylic acids is 1.